The van der Waals surface area contributed by atoms with E-state index in [0.717, 1.165) is 25.3 Å². The number of rotatable bonds is 10. The van der Waals surface area contributed by atoms with E-state index < -0.39 is 38.5 Å². The summed E-state index contributed by atoms with van der Waals surface area (Å²) in [5.74, 6) is -0.342. The van der Waals surface area contributed by atoms with E-state index in [1.54, 1.807) is 18.6 Å². The molecule has 1 fully saturated rings. The van der Waals surface area contributed by atoms with E-state index in [1.165, 1.54) is 23.5 Å². The van der Waals surface area contributed by atoms with Crippen LogP contribution in [-0.4, -0.2) is 46.9 Å². The second-order valence-electron chi connectivity index (χ2n) is 10.2. The van der Waals surface area contributed by atoms with Crippen LogP contribution in [0, 0.1) is 11.3 Å². The number of halogens is 4. The Morgan fingerprint density at radius 3 is 2.54 bits per heavy atom. The first-order valence-corrected chi connectivity index (χ1v) is 14.7. The Labute approximate surface area is 231 Å². The number of carboxylic acid groups (broad SMARTS) is 1. The van der Waals surface area contributed by atoms with Crippen LogP contribution in [0.3, 0.4) is 0 Å². The molecule has 3 aromatic rings. The van der Waals surface area contributed by atoms with Crippen molar-refractivity contribution in [3.05, 3.63) is 34.8 Å². The maximum atomic E-state index is 12.9. The zero-order valence-corrected chi connectivity index (χ0v) is 23.6. The SMILES string of the molecule is CC(NS(=O)(=O)c1ccc(-c2sc(-c3nnc(CC(C)(C)C(=O)O)o3)nc2CC2CCC2)c(Cl)c1)C(F)(F)F. The summed E-state index contributed by atoms with van der Waals surface area (Å²) in [6.07, 6.45) is -0.903. The summed E-state index contributed by atoms with van der Waals surface area (Å²) >= 11 is 7.67. The molecule has 1 atom stereocenters. The first kappa shape index (κ1) is 29.4. The molecule has 0 spiro atoms. The number of hydrogen-bond acceptors (Lipinski definition) is 8. The van der Waals surface area contributed by atoms with Gasteiger partial charge in [0.15, 0.2) is 5.01 Å². The standard InChI is InChI=1S/C24H26ClF3N4O5S2/c1-12(24(26,27)28)32-39(35,36)14-7-8-15(16(25)10-14)19-17(9-13-5-4-6-13)29-21(38-19)20-31-30-18(37-20)11-23(2,3)22(33)34/h7-8,10,12-13,32H,4-6,9,11H2,1-3H3,(H,33,34). The van der Waals surface area contributed by atoms with Gasteiger partial charge in [0.1, 0.15) is 6.04 Å². The van der Waals surface area contributed by atoms with Crippen molar-refractivity contribution in [2.45, 2.75) is 70.0 Å². The molecule has 2 aromatic heterocycles. The monoisotopic (exact) mass is 606 g/mol. The summed E-state index contributed by atoms with van der Waals surface area (Å²) in [7, 11) is -4.49. The van der Waals surface area contributed by atoms with Crippen molar-refractivity contribution in [3.63, 3.8) is 0 Å². The third-order valence-electron chi connectivity index (χ3n) is 6.54. The zero-order valence-electron chi connectivity index (χ0n) is 21.2. The first-order valence-electron chi connectivity index (χ1n) is 12.0. The Morgan fingerprint density at radius 1 is 1.28 bits per heavy atom. The van der Waals surface area contributed by atoms with Crippen molar-refractivity contribution in [2.75, 3.05) is 0 Å². The van der Waals surface area contributed by atoms with Crippen LogP contribution in [-0.2, 0) is 27.7 Å². The summed E-state index contributed by atoms with van der Waals surface area (Å²) in [6, 6.07) is 1.45. The quantitative estimate of drug-likeness (QED) is 0.298. The maximum Gasteiger partial charge on any atom is 0.404 e. The van der Waals surface area contributed by atoms with Crippen molar-refractivity contribution < 1.29 is 35.9 Å². The van der Waals surface area contributed by atoms with E-state index in [2.05, 4.69) is 10.2 Å². The average Bonchev–Trinajstić information content (AvgIpc) is 3.41. The zero-order chi connectivity index (χ0) is 28.8. The Morgan fingerprint density at radius 2 is 1.97 bits per heavy atom. The minimum absolute atomic E-state index is 0.0191. The van der Waals surface area contributed by atoms with Crippen LogP contribution >= 0.6 is 22.9 Å². The number of carbonyl (C=O) groups is 1. The number of aliphatic carboxylic acids is 1. The number of hydrogen-bond donors (Lipinski definition) is 2. The van der Waals surface area contributed by atoms with Gasteiger partial charge in [0.2, 0.25) is 15.9 Å². The molecule has 0 aliphatic heterocycles. The largest absolute Gasteiger partial charge is 0.481 e. The van der Waals surface area contributed by atoms with Crippen LogP contribution in [0.25, 0.3) is 21.3 Å². The molecule has 9 nitrogen and oxygen atoms in total. The number of benzene rings is 1. The van der Waals surface area contributed by atoms with Crippen LogP contribution in [0.1, 0.15) is 51.6 Å². The molecule has 1 aromatic carbocycles. The van der Waals surface area contributed by atoms with Crippen LogP contribution in [0.2, 0.25) is 5.02 Å². The van der Waals surface area contributed by atoms with Crippen molar-refractivity contribution in [1.29, 1.82) is 0 Å². The van der Waals surface area contributed by atoms with E-state index in [-0.39, 0.29) is 23.2 Å². The second-order valence-corrected chi connectivity index (χ2v) is 13.3. The van der Waals surface area contributed by atoms with Crippen molar-refractivity contribution >= 4 is 38.9 Å². The molecule has 4 rings (SSSR count). The number of sulfonamides is 1. The molecule has 2 heterocycles. The number of aromatic nitrogens is 3. The molecule has 0 radical (unpaired) electrons. The highest BCUT2D eigenvalue weighted by atomic mass is 35.5. The Kier molecular flexibility index (Phi) is 8.14. The van der Waals surface area contributed by atoms with E-state index in [1.807, 2.05) is 0 Å². The van der Waals surface area contributed by atoms with Crippen LogP contribution in [0.15, 0.2) is 27.5 Å². The highest BCUT2D eigenvalue weighted by molar-refractivity contribution is 7.89. The van der Waals surface area contributed by atoms with Crippen molar-refractivity contribution in [1.82, 2.24) is 19.9 Å². The topological polar surface area (TPSA) is 135 Å². The highest BCUT2D eigenvalue weighted by Gasteiger charge is 2.39. The highest BCUT2D eigenvalue weighted by Crippen LogP contribution is 2.42. The fourth-order valence-electron chi connectivity index (χ4n) is 3.84. The number of carboxylic acids is 1. The summed E-state index contributed by atoms with van der Waals surface area (Å²) < 4.78 is 71.1. The molecule has 1 saturated carbocycles. The third kappa shape index (κ3) is 6.61. The lowest BCUT2D eigenvalue weighted by Crippen LogP contribution is -2.42. The number of nitrogens with one attached hydrogen (secondary N) is 1. The van der Waals surface area contributed by atoms with Gasteiger partial charge in [-0.25, -0.2) is 13.4 Å². The number of alkyl halides is 3. The Balaban J connectivity index is 1.67. The number of nitrogens with zero attached hydrogens (tertiary/aromatic N) is 3. The normalized spacial score (nSPS) is 15.8. The summed E-state index contributed by atoms with van der Waals surface area (Å²) in [6.45, 7) is 3.80. The van der Waals surface area contributed by atoms with E-state index in [4.69, 9.17) is 21.0 Å². The van der Waals surface area contributed by atoms with Gasteiger partial charge in [-0.2, -0.15) is 17.9 Å². The molecule has 1 aliphatic rings. The molecule has 212 valence electrons. The minimum Gasteiger partial charge on any atom is -0.481 e. The predicted octanol–water partition coefficient (Wildman–Crippen LogP) is 5.74. The fourth-order valence-corrected chi connectivity index (χ4v) is 6.55. The smallest absolute Gasteiger partial charge is 0.404 e. The number of thiazole rings is 1. The molecule has 1 aliphatic carbocycles. The van der Waals surface area contributed by atoms with Gasteiger partial charge in [-0.3, -0.25) is 4.79 Å². The molecule has 39 heavy (non-hydrogen) atoms. The fraction of sp³-hybridized carbons (Fsp3) is 0.500. The summed E-state index contributed by atoms with van der Waals surface area (Å²) in [5.41, 5.74) is 0.0474. The second kappa shape index (κ2) is 10.8. The van der Waals surface area contributed by atoms with Crippen LogP contribution in [0.4, 0.5) is 13.2 Å². The van der Waals surface area contributed by atoms with Crippen LogP contribution in [0.5, 0.6) is 0 Å². The van der Waals surface area contributed by atoms with Gasteiger partial charge in [-0.05, 0) is 45.2 Å². The van der Waals surface area contributed by atoms with Gasteiger partial charge in [0.05, 0.1) is 25.9 Å². The minimum atomic E-state index is -4.75. The molecule has 1 unspecified atom stereocenters. The van der Waals surface area contributed by atoms with Gasteiger partial charge >= 0.3 is 12.1 Å². The van der Waals surface area contributed by atoms with E-state index in [9.17, 15) is 31.5 Å². The van der Waals surface area contributed by atoms with Gasteiger partial charge in [-0.1, -0.05) is 36.9 Å². The molecular formula is C24H26ClF3N4O5S2. The van der Waals surface area contributed by atoms with Crippen molar-refractivity contribution in [3.8, 4) is 21.3 Å². The van der Waals surface area contributed by atoms with Crippen molar-refractivity contribution in [2.24, 2.45) is 11.3 Å². The Hall–Kier alpha value is -2.55. The van der Waals surface area contributed by atoms with Crippen LogP contribution < -0.4 is 4.72 Å². The Bertz CT molecular complexity index is 1480. The third-order valence-corrected chi connectivity index (χ3v) is 9.51. The maximum absolute atomic E-state index is 12.9. The molecule has 2 N–H and O–H groups in total. The van der Waals surface area contributed by atoms with Gasteiger partial charge in [-0.15, -0.1) is 21.5 Å². The van der Waals surface area contributed by atoms with Gasteiger partial charge < -0.3 is 9.52 Å². The van der Waals surface area contributed by atoms with Gasteiger partial charge in [0.25, 0.3) is 5.89 Å². The predicted molar refractivity (Wildman–Crippen MR) is 138 cm³/mol. The molecule has 0 bridgehead atoms. The van der Waals surface area contributed by atoms with E-state index >= 15 is 0 Å². The lowest BCUT2D eigenvalue weighted by molar-refractivity contribution is -0.147. The molecule has 15 heteroatoms. The first-order chi connectivity index (χ1) is 18.1. The van der Waals surface area contributed by atoms with Gasteiger partial charge in [0, 0.05) is 12.0 Å². The summed E-state index contributed by atoms with van der Waals surface area (Å²) in [4.78, 5) is 16.4. The summed E-state index contributed by atoms with van der Waals surface area (Å²) in [5, 5.41) is 17.8. The van der Waals surface area contributed by atoms with E-state index in [0.29, 0.717) is 40.4 Å². The lowest BCUT2D eigenvalue weighted by Gasteiger charge is -2.24. The molecular weight excluding hydrogens is 581 g/mol. The molecule has 0 saturated heterocycles. The average molecular weight is 607 g/mol. The lowest BCUT2D eigenvalue weighted by atomic mass is 9.82. The molecule has 0 amide bonds.